The van der Waals surface area contributed by atoms with Crippen molar-refractivity contribution in [3.63, 3.8) is 0 Å². The van der Waals surface area contributed by atoms with Gasteiger partial charge in [-0.3, -0.25) is 9.59 Å². The van der Waals surface area contributed by atoms with Gasteiger partial charge >= 0.3 is 12.2 Å². The summed E-state index contributed by atoms with van der Waals surface area (Å²) in [5.41, 5.74) is 9.52. The van der Waals surface area contributed by atoms with Gasteiger partial charge in [-0.1, -0.05) is 76.9 Å². The molecule has 1 spiro atoms. The molecule has 2 aliphatic carbocycles. The van der Waals surface area contributed by atoms with Gasteiger partial charge in [0.05, 0.1) is 50.1 Å². The van der Waals surface area contributed by atoms with Crippen molar-refractivity contribution in [3.05, 3.63) is 71.6 Å². The minimum absolute atomic E-state index is 0.104. The van der Waals surface area contributed by atoms with Crippen molar-refractivity contribution in [2.75, 3.05) is 27.3 Å². The minimum Gasteiger partial charge on any atom is -0.453 e. The third-order valence-corrected chi connectivity index (χ3v) is 13.7. The van der Waals surface area contributed by atoms with Crippen molar-refractivity contribution >= 4 is 24.0 Å². The summed E-state index contributed by atoms with van der Waals surface area (Å²) in [7, 11) is 2.61. The standard InChI is InChI=1S/C47H60N8O6/c1-27(2)39(52-45(58)60-5)43(56)54-21-9-11-37(54)41-48-25-35(50-41)30-15-13-29(14-16-30)31-17-18-32(34-24-47(23-33(31)34)19-7-8-20-47)36-26-49-42(51-36)38-12-10-22-55(38)44(57)40(28(3)4)53-46(59)61-6/h13-18,25-28,37-40H,7-12,19-24H2,1-6H3,(H,48,50)(H,49,51)(H,52,58)(H,53,59)/t37?,38?,39-,40+/m0/s1. The van der Waals surface area contributed by atoms with Gasteiger partial charge in [-0.05, 0) is 96.4 Å². The lowest BCUT2D eigenvalue weighted by molar-refractivity contribution is -0.136. The maximum absolute atomic E-state index is 13.8. The summed E-state index contributed by atoms with van der Waals surface area (Å²) < 4.78 is 9.62. The van der Waals surface area contributed by atoms with Crippen LogP contribution in [0.3, 0.4) is 0 Å². The van der Waals surface area contributed by atoms with Crippen molar-refractivity contribution in [3.8, 4) is 33.6 Å². The molecule has 1 saturated carbocycles. The van der Waals surface area contributed by atoms with Crippen LogP contribution in [0.1, 0.15) is 114 Å². The molecule has 4 aliphatic rings. The van der Waals surface area contributed by atoms with Crippen molar-refractivity contribution in [2.45, 2.75) is 116 Å². The number of imidazole rings is 2. The van der Waals surface area contributed by atoms with Gasteiger partial charge in [0.1, 0.15) is 23.7 Å². The van der Waals surface area contributed by atoms with Crippen molar-refractivity contribution < 1.29 is 28.7 Å². The number of hydrogen-bond acceptors (Lipinski definition) is 8. The Kier molecular flexibility index (Phi) is 12.0. The molecule has 61 heavy (non-hydrogen) atoms. The summed E-state index contributed by atoms with van der Waals surface area (Å²) in [5.74, 6) is 1.06. The molecule has 4 N–H and O–H groups in total. The van der Waals surface area contributed by atoms with E-state index in [1.165, 1.54) is 62.2 Å². The van der Waals surface area contributed by atoms with Crippen LogP contribution in [-0.2, 0) is 31.9 Å². The SMILES string of the molecule is COC(=O)N[C@H](C(=O)N1CCCC1c1ncc(-c2ccc(-c3ccc(-c4cnc(C5CCCN5C(=O)[C@H](NC(=O)OC)C(C)C)[nH]4)c4c3CC3(CCCC3)C4)cc2)[nH]1)C(C)C. The fourth-order valence-corrected chi connectivity index (χ4v) is 10.4. The van der Waals surface area contributed by atoms with E-state index >= 15 is 0 Å². The quantitative estimate of drug-likeness (QED) is 0.118. The highest BCUT2D eigenvalue weighted by atomic mass is 16.5. The maximum Gasteiger partial charge on any atom is 0.407 e. The molecule has 3 fully saturated rings. The third-order valence-electron chi connectivity index (χ3n) is 13.7. The number of nitrogens with one attached hydrogen (secondary N) is 4. The number of carbonyl (C=O) groups excluding carboxylic acids is 4. The number of likely N-dealkylation sites (tertiary alicyclic amines) is 2. The van der Waals surface area contributed by atoms with E-state index in [1.54, 1.807) is 0 Å². The van der Waals surface area contributed by atoms with Gasteiger partial charge in [-0.15, -0.1) is 0 Å². The van der Waals surface area contributed by atoms with E-state index in [0.29, 0.717) is 13.1 Å². The lowest BCUT2D eigenvalue weighted by Crippen LogP contribution is -2.51. The first kappa shape index (κ1) is 42.0. The Labute approximate surface area is 358 Å². The summed E-state index contributed by atoms with van der Waals surface area (Å²) in [5, 5.41) is 5.46. The van der Waals surface area contributed by atoms with Crippen LogP contribution in [0.4, 0.5) is 9.59 Å². The summed E-state index contributed by atoms with van der Waals surface area (Å²) >= 11 is 0. The van der Waals surface area contributed by atoms with Crippen LogP contribution in [-0.4, -0.2) is 93.1 Å². The lowest BCUT2D eigenvalue weighted by atomic mass is 9.82. The van der Waals surface area contributed by atoms with Crippen LogP contribution in [0.2, 0.25) is 0 Å². The van der Waals surface area contributed by atoms with Crippen LogP contribution >= 0.6 is 0 Å². The number of carbonyl (C=O) groups is 4. The molecule has 0 bridgehead atoms. The summed E-state index contributed by atoms with van der Waals surface area (Å²) in [6.45, 7) is 8.88. The number of aromatic nitrogens is 4. The molecule has 4 amide bonds. The molecule has 4 heterocycles. The zero-order valence-corrected chi connectivity index (χ0v) is 36.3. The van der Waals surface area contributed by atoms with Crippen molar-refractivity contribution in [1.29, 1.82) is 0 Å². The molecule has 2 aromatic carbocycles. The Morgan fingerprint density at radius 3 is 1.62 bits per heavy atom. The minimum atomic E-state index is -0.687. The number of fused-ring (bicyclic) bond motifs is 1. The molecule has 4 atom stereocenters. The topological polar surface area (TPSA) is 175 Å². The number of aromatic amines is 2. The van der Waals surface area contributed by atoms with Gasteiger partial charge in [0.2, 0.25) is 11.8 Å². The van der Waals surface area contributed by atoms with Crippen LogP contribution in [0.5, 0.6) is 0 Å². The highest BCUT2D eigenvalue weighted by molar-refractivity contribution is 5.87. The van der Waals surface area contributed by atoms with Gasteiger partial charge in [0.25, 0.3) is 0 Å². The number of rotatable bonds is 11. The smallest absolute Gasteiger partial charge is 0.407 e. The predicted octanol–water partition coefficient (Wildman–Crippen LogP) is 7.88. The Hall–Kier alpha value is -5.66. The zero-order valence-electron chi connectivity index (χ0n) is 36.3. The summed E-state index contributed by atoms with van der Waals surface area (Å²) in [6.07, 6.45) is 12.9. The van der Waals surface area contributed by atoms with Gasteiger partial charge in [-0.25, -0.2) is 19.6 Å². The van der Waals surface area contributed by atoms with E-state index in [4.69, 9.17) is 19.4 Å². The number of methoxy groups -OCH3 is 2. The highest BCUT2D eigenvalue weighted by Gasteiger charge is 2.43. The molecule has 2 unspecified atom stereocenters. The Bertz CT molecular complexity index is 2260. The summed E-state index contributed by atoms with van der Waals surface area (Å²) in [6, 6.07) is 11.4. The first-order valence-electron chi connectivity index (χ1n) is 22.1. The lowest BCUT2D eigenvalue weighted by Gasteiger charge is -2.30. The highest BCUT2D eigenvalue weighted by Crippen LogP contribution is 2.53. The number of nitrogens with zero attached hydrogens (tertiary/aromatic N) is 4. The predicted molar refractivity (Wildman–Crippen MR) is 231 cm³/mol. The first-order chi connectivity index (χ1) is 29.4. The average molecular weight is 833 g/mol. The number of benzene rings is 2. The Morgan fingerprint density at radius 1 is 0.656 bits per heavy atom. The number of ether oxygens (including phenoxy) is 2. The molecule has 2 aromatic heterocycles. The van der Waals surface area contributed by atoms with Crippen molar-refractivity contribution in [1.82, 2.24) is 40.4 Å². The number of hydrogen-bond donors (Lipinski definition) is 4. The molecule has 2 aliphatic heterocycles. The van der Waals surface area contributed by atoms with E-state index in [0.717, 1.165) is 72.7 Å². The third kappa shape index (κ3) is 8.25. The molecule has 324 valence electrons. The number of amides is 4. The first-order valence-corrected chi connectivity index (χ1v) is 22.1. The van der Waals surface area contributed by atoms with E-state index in [1.807, 2.05) is 49.9 Å². The molecule has 8 rings (SSSR count). The molecule has 14 nitrogen and oxygen atoms in total. The fraction of sp³-hybridized carbons (Fsp3) is 0.532. The molecule has 4 aromatic rings. The van der Waals surface area contributed by atoms with Crippen molar-refractivity contribution in [2.24, 2.45) is 17.3 Å². The largest absolute Gasteiger partial charge is 0.453 e. The van der Waals surface area contributed by atoms with Crippen LogP contribution in [0.25, 0.3) is 33.6 Å². The van der Waals surface area contributed by atoms with E-state index < -0.39 is 24.3 Å². The van der Waals surface area contributed by atoms with Crippen LogP contribution < -0.4 is 10.6 Å². The van der Waals surface area contributed by atoms with Gasteiger partial charge in [-0.2, -0.15) is 0 Å². The van der Waals surface area contributed by atoms with Gasteiger partial charge in [0, 0.05) is 18.7 Å². The maximum atomic E-state index is 13.8. The van der Waals surface area contributed by atoms with E-state index in [9.17, 15) is 19.2 Å². The van der Waals surface area contributed by atoms with Crippen LogP contribution in [0.15, 0.2) is 48.8 Å². The molecule has 14 heteroatoms. The average Bonchev–Trinajstić information content (AvgIpc) is 4.12. The second-order valence-corrected chi connectivity index (χ2v) is 18.2. The van der Waals surface area contributed by atoms with Gasteiger partial charge in [0.15, 0.2) is 0 Å². The normalized spacial score (nSPS) is 20.3. The number of H-pyrrole nitrogens is 2. The molecular weight excluding hydrogens is 773 g/mol. The van der Waals surface area contributed by atoms with E-state index in [-0.39, 0.29) is 41.1 Å². The van der Waals surface area contributed by atoms with Gasteiger partial charge < -0.3 is 39.9 Å². The second kappa shape index (κ2) is 17.4. The summed E-state index contributed by atoms with van der Waals surface area (Å²) in [4.78, 5) is 72.1. The monoisotopic (exact) mass is 832 g/mol. The fourth-order valence-electron chi connectivity index (χ4n) is 10.4. The number of alkyl carbamates (subject to hydrolysis) is 2. The Balaban J connectivity index is 1.03. The molecular formula is C47H60N8O6. The Morgan fingerprint density at radius 2 is 1.11 bits per heavy atom. The molecule has 0 radical (unpaired) electrons. The molecule has 2 saturated heterocycles. The second-order valence-electron chi connectivity index (χ2n) is 18.2. The zero-order chi connectivity index (χ0) is 43.0. The van der Waals surface area contributed by atoms with E-state index in [2.05, 4.69) is 57.0 Å². The van der Waals surface area contributed by atoms with Crippen LogP contribution in [0, 0.1) is 17.3 Å².